The van der Waals surface area contributed by atoms with Crippen molar-refractivity contribution in [1.29, 1.82) is 0 Å². The summed E-state index contributed by atoms with van der Waals surface area (Å²) in [6.07, 6.45) is 0. The largest absolute Gasteiger partial charge is 1.00 e. The molecule has 0 spiro atoms. The summed E-state index contributed by atoms with van der Waals surface area (Å²) in [5, 5.41) is 0. The first-order valence-electron chi connectivity index (χ1n) is 0.408. The molecule has 0 heterocycles. The minimum absolute atomic E-state index is 0. The molecule has 0 N–H and O–H groups in total. The Kier molecular flexibility index (Phi) is 303. The van der Waals surface area contributed by atoms with Crippen molar-refractivity contribution in [2.75, 3.05) is 0 Å². The molecular weight excluding hydrogens is 218 g/mol. The zero-order valence-corrected chi connectivity index (χ0v) is 7.49. The number of thiocarbonyl (C=S) groups is 2. The highest BCUT2D eigenvalue weighted by Crippen LogP contribution is 1.29. The molecule has 0 unspecified atom stereocenters. The Morgan fingerprint density at radius 1 is 0.857 bits per heavy atom. The Bertz CT molecular complexity index is 41.1. The number of halogens is 4. The monoisotopic (exact) mass is 220 g/mol. The second kappa shape index (κ2) is 53.0. The van der Waals surface area contributed by atoms with Crippen LogP contribution in [0.5, 0.6) is 0 Å². The van der Waals surface area contributed by atoms with Crippen molar-refractivity contribution in [3.8, 4) is 0 Å². The van der Waals surface area contributed by atoms with Crippen molar-refractivity contribution in [2.24, 2.45) is 0 Å². The fourth-order valence-corrected chi connectivity index (χ4v) is 0. The third-order valence-electron chi connectivity index (χ3n) is 0. The van der Waals surface area contributed by atoms with Crippen molar-refractivity contribution < 1.29 is 55.3 Å². The molecule has 0 aliphatic heterocycles. The lowest BCUT2D eigenvalue weighted by atomic mass is 12.0. The lowest BCUT2D eigenvalue weighted by Gasteiger charge is -1.00. The van der Waals surface area contributed by atoms with E-state index in [0.29, 0.717) is 0 Å². The van der Waals surface area contributed by atoms with Gasteiger partial charge in [0.1, 0.15) is 0 Å². The summed E-state index contributed by atoms with van der Waals surface area (Å²) in [6.45, 7) is 0. The molecule has 0 rings (SSSR count). The number of hydrogen-bond acceptors (Lipinski definition) is 2. The van der Waals surface area contributed by atoms with Crippen molar-refractivity contribution in [3.63, 3.8) is 0 Å². The van der Waals surface area contributed by atoms with Gasteiger partial charge in [-0.2, -0.15) is 0 Å². The van der Waals surface area contributed by atoms with Crippen molar-refractivity contribution in [1.82, 2.24) is 0 Å². The van der Waals surface area contributed by atoms with E-state index in [-0.39, 0.29) is 55.3 Å². The quantitative estimate of drug-likeness (QED) is 0.373. The number of rotatable bonds is 0. The fourth-order valence-electron chi connectivity index (χ4n) is 0. The van der Waals surface area contributed by atoms with Crippen LogP contribution in [-0.2, 0) is 0 Å². The minimum atomic E-state index is 0. The van der Waals surface area contributed by atoms with E-state index in [4.69, 9.17) is 0 Å². The Morgan fingerprint density at radius 3 is 0.857 bits per heavy atom. The van der Waals surface area contributed by atoms with Crippen LogP contribution in [0.4, 0.5) is 0 Å². The molecule has 0 saturated heterocycles. The van der Waals surface area contributed by atoms with Gasteiger partial charge in [-0.05, 0) is 24.4 Å². The molecular formula is CH4Cl4S2. The van der Waals surface area contributed by atoms with E-state index in [9.17, 15) is 0 Å². The van der Waals surface area contributed by atoms with Gasteiger partial charge in [0, 0.05) is 4.31 Å². The van der Waals surface area contributed by atoms with Crippen LogP contribution in [0.2, 0.25) is 0 Å². The maximum Gasteiger partial charge on any atom is 1.00 e. The molecule has 0 aliphatic carbocycles. The molecule has 0 fully saturated rings. The standard InChI is InChI=1S/CS2.4ClH/c2-1-3;;;;/h;4*1H. The molecule has 0 saturated carbocycles. The van der Waals surface area contributed by atoms with Gasteiger partial charge in [0.05, 0.1) is 0 Å². The summed E-state index contributed by atoms with van der Waals surface area (Å²) in [6, 6.07) is 0. The van der Waals surface area contributed by atoms with Crippen molar-refractivity contribution in [2.45, 2.75) is 0 Å². The summed E-state index contributed by atoms with van der Waals surface area (Å²) < 4.78 is 1.92. The first kappa shape index (κ1) is 40.0. The number of hydrogen-bond donors (Lipinski definition) is 0. The second-order valence-electron chi connectivity index (χ2n) is 0.0833. The molecule has 0 aromatic rings. The summed E-state index contributed by atoms with van der Waals surface area (Å²) >= 11 is 7.92. The van der Waals surface area contributed by atoms with Crippen LogP contribution in [0.3, 0.4) is 0 Å². The van der Waals surface area contributed by atoms with Crippen LogP contribution in [-0.4, -0.2) is 4.31 Å². The van der Waals surface area contributed by atoms with Crippen LogP contribution in [0.1, 0.15) is 5.71 Å². The lowest BCUT2D eigenvalue weighted by molar-refractivity contribution is -0.00100. The summed E-state index contributed by atoms with van der Waals surface area (Å²) in [5.41, 5.74) is 0. The van der Waals surface area contributed by atoms with Gasteiger partial charge in [-0.25, -0.2) is 0 Å². The average molecular weight is 222 g/mol. The normalized spacial score (nSPS) is 1.14. The lowest BCUT2D eigenvalue weighted by Crippen LogP contribution is -3.00. The maximum atomic E-state index is 3.96. The molecule has 48 valence electrons. The Morgan fingerprint density at radius 2 is 0.857 bits per heavy atom. The van der Waals surface area contributed by atoms with Gasteiger partial charge in [-0.15, -0.1) is 0 Å². The Hall–Kier alpha value is 1.38. The molecule has 7 heavy (non-hydrogen) atoms. The molecule has 0 radical (unpaired) electrons. The van der Waals surface area contributed by atoms with Gasteiger partial charge in [-0.3, -0.25) is 0 Å². The molecule has 0 atom stereocenters. The van der Waals surface area contributed by atoms with Gasteiger partial charge in [0.2, 0.25) is 0 Å². The van der Waals surface area contributed by atoms with Crippen molar-refractivity contribution in [3.05, 3.63) is 0 Å². The van der Waals surface area contributed by atoms with Gasteiger partial charge in [-0.1, -0.05) is 0 Å². The Balaban J connectivity index is -0.000000000714. The second-order valence-corrected chi connectivity index (χ2v) is 0.750. The topological polar surface area (TPSA) is 0 Å². The van der Waals surface area contributed by atoms with Crippen LogP contribution in [0.25, 0.3) is 0 Å². The molecule has 0 aromatic heterocycles. The van der Waals surface area contributed by atoms with E-state index in [1.807, 2.05) is 4.31 Å². The fraction of sp³-hybridized carbons (Fsp3) is 0. The predicted molar refractivity (Wildman–Crippen MR) is 24.6 cm³/mol. The molecule has 0 amide bonds. The van der Waals surface area contributed by atoms with E-state index < -0.39 is 0 Å². The SMILES string of the molecule is S=C=S.[Cl-].[Cl-].[Cl-].[Cl-].[H+].[H+].[H+].[H+]. The summed E-state index contributed by atoms with van der Waals surface area (Å²) in [5.74, 6) is 0. The first-order chi connectivity index (χ1) is 1.41. The molecule has 0 aliphatic rings. The maximum absolute atomic E-state index is 3.96. The van der Waals surface area contributed by atoms with Crippen LogP contribution < -0.4 is 49.6 Å². The minimum Gasteiger partial charge on any atom is -1.00 e. The third-order valence-corrected chi connectivity index (χ3v) is 0. The van der Waals surface area contributed by atoms with Crippen LogP contribution >= 0.6 is 24.4 Å². The van der Waals surface area contributed by atoms with Crippen LogP contribution in [0.15, 0.2) is 0 Å². The van der Waals surface area contributed by atoms with E-state index >= 15 is 0 Å². The molecule has 0 aromatic carbocycles. The predicted octanol–water partition coefficient (Wildman–Crippen LogP) is -10.5. The molecule has 0 bridgehead atoms. The van der Waals surface area contributed by atoms with Gasteiger partial charge < -0.3 is 49.6 Å². The smallest absolute Gasteiger partial charge is 1.00 e. The highest BCUT2D eigenvalue weighted by Gasteiger charge is 1.01. The first-order valence-corrected chi connectivity index (χ1v) is 1.22. The van der Waals surface area contributed by atoms with Gasteiger partial charge >= 0.3 is 5.71 Å². The average Bonchev–Trinajstić information content (AvgIpc) is 0.918. The third kappa shape index (κ3) is 112. The highest BCUT2D eigenvalue weighted by molar-refractivity contribution is 7.93. The summed E-state index contributed by atoms with van der Waals surface area (Å²) in [4.78, 5) is 0. The zero-order chi connectivity index (χ0) is 2.71. The van der Waals surface area contributed by atoms with E-state index in [2.05, 4.69) is 24.4 Å². The zero-order valence-electron chi connectivity index (χ0n) is 6.83. The molecule has 6 heteroatoms. The van der Waals surface area contributed by atoms with E-state index in [0.717, 1.165) is 0 Å². The van der Waals surface area contributed by atoms with Crippen molar-refractivity contribution >= 4 is 28.7 Å². The van der Waals surface area contributed by atoms with Crippen LogP contribution in [0, 0.1) is 0 Å². The van der Waals surface area contributed by atoms with E-state index in [1.165, 1.54) is 0 Å². The highest BCUT2D eigenvalue weighted by atomic mass is 35.5. The van der Waals surface area contributed by atoms with E-state index in [1.54, 1.807) is 0 Å². The summed E-state index contributed by atoms with van der Waals surface area (Å²) in [7, 11) is 0. The molecule has 0 nitrogen and oxygen atoms in total. The Labute approximate surface area is 84.0 Å². The van der Waals surface area contributed by atoms with Gasteiger partial charge in [0.15, 0.2) is 0 Å². The van der Waals surface area contributed by atoms with Gasteiger partial charge in [0.25, 0.3) is 0 Å².